The summed E-state index contributed by atoms with van der Waals surface area (Å²) in [7, 11) is 0. The van der Waals surface area contributed by atoms with Crippen molar-refractivity contribution in [3.05, 3.63) is 30.1 Å². The fourth-order valence-corrected chi connectivity index (χ4v) is 1.33. The highest BCUT2D eigenvalue weighted by Crippen LogP contribution is 2.14. The van der Waals surface area contributed by atoms with Crippen LogP contribution in [0, 0.1) is 0 Å². The Labute approximate surface area is 79.0 Å². The Morgan fingerprint density at radius 3 is 2.77 bits per heavy atom. The van der Waals surface area contributed by atoms with Crippen molar-refractivity contribution in [3.8, 4) is 0 Å². The van der Waals surface area contributed by atoms with Crippen LogP contribution < -0.4 is 0 Å². The van der Waals surface area contributed by atoms with Gasteiger partial charge < -0.3 is 4.98 Å². The van der Waals surface area contributed by atoms with Gasteiger partial charge in [-0.15, -0.1) is 0 Å². The molecule has 0 spiro atoms. The summed E-state index contributed by atoms with van der Waals surface area (Å²) < 4.78 is 0. The number of aromatic amines is 1. The summed E-state index contributed by atoms with van der Waals surface area (Å²) in [5.74, 6) is 0. The molecule has 0 aromatic carbocycles. The third kappa shape index (κ3) is 1.89. The monoisotopic (exact) mass is 176 g/mol. The Kier molecular flexibility index (Phi) is 3.50. The second-order valence-electron chi connectivity index (χ2n) is 2.56. The molecule has 70 valence electrons. The minimum atomic E-state index is 0.990. The van der Waals surface area contributed by atoms with Crippen LogP contribution in [0.5, 0.6) is 0 Å². The lowest BCUT2D eigenvalue weighted by Gasteiger charge is -1.95. The van der Waals surface area contributed by atoms with Gasteiger partial charge in [0.1, 0.15) is 5.65 Å². The van der Waals surface area contributed by atoms with E-state index in [-0.39, 0.29) is 0 Å². The molecule has 0 saturated carbocycles. The number of nitrogens with one attached hydrogen (secondary N) is 1. The van der Waals surface area contributed by atoms with Gasteiger partial charge in [0.25, 0.3) is 0 Å². The molecule has 2 heteroatoms. The van der Waals surface area contributed by atoms with Gasteiger partial charge in [-0.25, -0.2) is 4.98 Å². The summed E-state index contributed by atoms with van der Waals surface area (Å²) in [5, 5.41) is 1.25. The van der Waals surface area contributed by atoms with Crippen LogP contribution in [0.4, 0.5) is 0 Å². The molecule has 0 fully saturated rings. The van der Waals surface area contributed by atoms with E-state index in [1.165, 1.54) is 10.9 Å². The van der Waals surface area contributed by atoms with Crippen molar-refractivity contribution >= 4 is 11.0 Å². The zero-order valence-corrected chi connectivity index (χ0v) is 8.46. The van der Waals surface area contributed by atoms with E-state index in [9.17, 15) is 0 Å². The van der Waals surface area contributed by atoms with Crippen LogP contribution in [0.3, 0.4) is 0 Å². The van der Waals surface area contributed by atoms with E-state index in [4.69, 9.17) is 0 Å². The highest BCUT2D eigenvalue weighted by molar-refractivity contribution is 5.78. The zero-order valence-electron chi connectivity index (χ0n) is 8.46. The molecule has 2 heterocycles. The standard InChI is InChI=1S/C9H10N2.C2H6/c1-2-7-3-5-10-9-8(7)4-6-11-9;1-2/h3-6H,2H2,1H3,(H,10,11);1-2H3. The van der Waals surface area contributed by atoms with Crippen molar-refractivity contribution < 1.29 is 0 Å². The van der Waals surface area contributed by atoms with E-state index >= 15 is 0 Å². The van der Waals surface area contributed by atoms with Crippen molar-refractivity contribution in [1.82, 2.24) is 9.97 Å². The molecule has 0 unspecified atom stereocenters. The second-order valence-corrected chi connectivity index (χ2v) is 2.56. The molecule has 13 heavy (non-hydrogen) atoms. The van der Waals surface area contributed by atoms with Gasteiger partial charge in [-0.05, 0) is 24.1 Å². The van der Waals surface area contributed by atoms with E-state index < -0.39 is 0 Å². The molecule has 0 atom stereocenters. The predicted molar refractivity (Wildman–Crippen MR) is 56.8 cm³/mol. The Hall–Kier alpha value is -1.31. The summed E-state index contributed by atoms with van der Waals surface area (Å²) in [5.41, 5.74) is 2.35. The first-order valence-corrected chi connectivity index (χ1v) is 4.83. The summed E-state index contributed by atoms with van der Waals surface area (Å²) in [6.45, 7) is 6.15. The van der Waals surface area contributed by atoms with E-state index in [1.54, 1.807) is 0 Å². The Morgan fingerprint density at radius 1 is 1.31 bits per heavy atom. The van der Waals surface area contributed by atoms with Crippen LogP contribution >= 0.6 is 0 Å². The summed E-state index contributed by atoms with van der Waals surface area (Å²) in [4.78, 5) is 7.28. The van der Waals surface area contributed by atoms with Gasteiger partial charge in [-0.3, -0.25) is 0 Å². The maximum absolute atomic E-state index is 4.19. The number of fused-ring (bicyclic) bond motifs is 1. The quantitative estimate of drug-likeness (QED) is 0.710. The molecule has 2 aromatic heterocycles. The number of rotatable bonds is 1. The van der Waals surface area contributed by atoms with Crippen LogP contribution in [-0.4, -0.2) is 9.97 Å². The fourth-order valence-electron chi connectivity index (χ4n) is 1.33. The van der Waals surface area contributed by atoms with Crippen LogP contribution in [0.15, 0.2) is 24.5 Å². The lowest BCUT2D eigenvalue weighted by atomic mass is 10.1. The number of nitrogens with zero attached hydrogens (tertiary/aromatic N) is 1. The van der Waals surface area contributed by atoms with Crippen molar-refractivity contribution in [2.45, 2.75) is 27.2 Å². The summed E-state index contributed by atoms with van der Waals surface area (Å²) in [6.07, 6.45) is 4.84. The Bertz CT molecular complexity index is 363. The van der Waals surface area contributed by atoms with Gasteiger partial charge in [0.15, 0.2) is 0 Å². The van der Waals surface area contributed by atoms with E-state index in [1.807, 2.05) is 26.2 Å². The minimum absolute atomic E-state index is 0.990. The van der Waals surface area contributed by atoms with Gasteiger partial charge >= 0.3 is 0 Å². The number of hydrogen-bond donors (Lipinski definition) is 1. The van der Waals surface area contributed by atoms with Crippen molar-refractivity contribution in [2.24, 2.45) is 0 Å². The molecule has 0 saturated heterocycles. The molecule has 0 aliphatic heterocycles. The number of H-pyrrole nitrogens is 1. The molecule has 0 aliphatic rings. The lowest BCUT2D eigenvalue weighted by molar-refractivity contribution is 1.15. The summed E-state index contributed by atoms with van der Waals surface area (Å²) >= 11 is 0. The highest BCUT2D eigenvalue weighted by atomic mass is 14.8. The van der Waals surface area contributed by atoms with Crippen LogP contribution in [0.25, 0.3) is 11.0 Å². The summed E-state index contributed by atoms with van der Waals surface area (Å²) in [6, 6.07) is 4.14. The smallest absolute Gasteiger partial charge is 0.137 e. The van der Waals surface area contributed by atoms with Gasteiger partial charge in [0, 0.05) is 17.8 Å². The van der Waals surface area contributed by atoms with E-state index in [2.05, 4.69) is 29.0 Å². The zero-order chi connectivity index (χ0) is 9.68. The minimum Gasteiger partial charge on any atom is -0.346 e. The maximum Gasteiger partial charge on any atom is 0.137 e. The third-order valence-electron chi connectivity index (χ3n) is 1.93. The largest absolute Gasteiger partial charge is 0.346 e. The Morgan fingerprint density at radius 2 is 2.08 bits per heavy atom. The number of hydrogen-bond acceptors (Lipinski definition) is 1. The molecule has 0 aliphatic carbocycles. The molecule has 2 nitrogen and oxygen atoms in total. The van der Waals surface area contributed by atoms with Gasteiger partial charge in [-0.2, -0.15) is 0 Å². The topological polar surface area (TPSA) is 28.7 Å². The van der Waals surface area contributed by atoms with Crippen molar-refractivity contribution in [1.29, 1.82) is 0 Å². The van der Waals surface area contributed by atoms with Crippen LogP contribution in [0.1, 0.15) is 26.3 Å². The van der Waals surface area contributed by atoms with Crippen molar-refractivity contribution in [2.75, 3.05) is 0 Å². The van der Waals surface area contributed by atoms with Gasteiger partial charge in [0.05, 0.1) is 0 Å². The first kappa shape index (κ1) is 9.78. The van der Waals surface area contributed by atoms with Crippen LogP contribution in [0.2, 0.25) is 0 Å². The normalized spacial score (nSPS) is 9.46. The number of aromatic nitrogens is 2. The average Bonchev–Trinajstić information content (AvgIpc) is 2.68. The molecular weight excluding hydrogens is 160 g/mol. The first-order valence-electron chi connectivity index (χ1n) is 4.83. The molecule has 1 N–H and O–H groups in total. The van der Waals surface area contributed by atoms with E-state index in [0.29, 0.717) is 0 Å². The van der Waals surface area contributed by atoms with Crippen molar-refractivity contribution in [3.63, 3.8) is 0 Å². The highest BCUT2D eigenvalue weighted by Gasteiger charge is 1.98. The average molecular weight is 176 g/mol. The fraction of sp³-hybridized carbons (Fsp3) is 0.364. The van der Waals surface area contributed by atoms with E-state index in [0.717, 1.165) is 12.1 Å². The van der Waals surface area contributed by atoms with Crippen LogP contribution in [-0.2, 0) is 6.42 Å². The van der Waals surface area contributed by atoms with Gasteiger partial charge in [0.2, 0.25) is 0 Å². The molecule has 2 rings (SSSR count). The molecule has 0 radical (unpaired) electrons. The first-order chi connectivity index (χ1) is 6.42. The molecule has 0 amide bonds. The van der Waals surface area contributed by atoms with Gasteiger partial charge in [-0.1, -0.05) is 20.8 Å². The Balaban J connectivity index is 0.000000396. The SMILES string of the molecule is CC.CCc1ccnc2[nH]ccc12. The number of aryl methyl sites for hydroxylation is 1. The molecular formula is C11H16N2. The molecule has 0 bridgehead atoms. The third-order valence-corrected chi connectivity index (χ3v) is 1.93. The second kappa shape index (κ2) is 4.65. The lowest BCUT2D eigenvalue weighted by Crippen LogP contribution is -1.82. The molecule has 2 aromatic rings. The number of pyridine rings is 1. The maximum atomic E-state index is 4.19. The predicted octanol–water partition coefficient (Wildman–Crippen LogP) is 3.15.